The predicted molar refractivity (Wildman–Crippen MR) is 139 cm³/mol. The Morgan fingerprint density at radius 2 is 1.75 bits per heavy atom. The van der Waals surface area contributed by atoms with Crippen LogP contribution in [-0.4, -0.2) is 66.4 Å². The summed E-state index contributed by atoms with van der Waals surface area (Å²) in [5.74, 6) is 0.592. The first-order valence-corrected chi connectivity index (χ1v) is 12.5. The Kier molecular flexibility index (Phi) is 7.20. The summed E-state index contributed by atoms with van der Waals surface area (Å²) in [6.45, 7) is 2.25. The molecule has 2 aliphatic heterocycles. The van der Waals surface area contributed by atoms with E-state index in [1.165, 1.54) is 6.07 Å². The number of rotatable bonds is 5. The van der Waals surface area contributed by atoms with Crippen LogP contribution in [0.5, 0.6) is 5.75 Å². The van der Waals surface area contributed by atoms with Crippen LogP contribution in [0, 0.1) is 5.82 Å². The van der Waals surface area contributed by atoms with Crippen molar-refractivity contribution in [2.45, 2.75) is 30.8 Å². The Labute approximate surface area is 211 Å². The first-order chi connectivity index (χ1) is 17.6. The van der Waals surface area contributed by atoms with Gasteiger partial charge in [-0.05, 0) is 60.8 Å². The first kappa shape index (κ1) is 24.3. The molecule has 3 atom stereocenters. The van der Waals surface area contributed by atoms with Gasteiger partial charge in [-0.15, -0.1) is 0 Å². The van der Waals surface area contributed by atoms with Crippen LogP contribution in [0.15, 0.2) is 72.8 Å². The van der Waals surface area contributed by atoms with Crippen molar-refractivity contribution < 1.29 is 19.0 Å². The van der Waals surface area contributed by atoms with Gasteiger partial charge in [0.25, 0.3) is 0 Å². The van der Waals surface area contributed by atoms with Crippen molar-refractivity contribution in [2.75, 3.05) is 38.7 Å². The lowest BCUT2D eigenvalue weighted by atomic mass is 9.74. The number of benzene rings is 3. The van der Waals surface area contributed by atoms with E-state index in [4.69, 9.17) is 4.74 Å². The lowest BCUT2D eigenvalue weighted by Crippen LogP contribution is -2.68. The Hall–Kier alpha value is -3.42. The average Bonchev–Trinajstić information content (AvgIpc) is 2.89. The summed E-state index contributed by atoms with van der Waals surface area (Å²) in [5, 5.41) is 13.2. The lowest BCUT2D eigenvalue weighted by molar-refractivity contribution is -0.0585. The third kappa shape index (κ3) is 4.81. The van der Waals surface area contributed by atoms with Crippen LogP contribution in [-0.2, 0) is 0 Å². The van der Waals surface area contributed by atoms with Crippen LogP contribution in [0.25, 0.3) is 11.1 Å². The van der Waals surface area contributed by atoms with Crippen LogP contribution >= 0.6 is 0 Å². The van der Waals surface area contributed by atoms with Crippen molar-refractivity contribution in [2.24, 2.45) is 0 Å². The Balaban J connectivity index is 1.33. The van der Waals surface area contributed by atoms with Crippen LogP contribution < -0.4 is 10.1 Å². The number of ether oxygens (including phenoxy) is 1. The maximum Gasteiger partial charge on any atom is 0.321 e. The number of carbonyl (C=O) groups is 1. The summed E-state index contributed by atoms with van der Waals surface area (Å²) in [6.07, 6.45) is 1.89. The highest BCUT2D eigenvalue weighted by atomic mass is 19.1. The van der Waals surface area contributed by atoms with Gasteiger partial charge in [0.1, 0.15) is 11.6 Å². The van der Waals surface area contributed by atoms with Gasteiger partial charge < -0.3 is 20.1 Å². The van der Waals surface area contributed by atoms with E-state index in [1.807, 2.05) is 59.5 Å². The molecule has 2 heterocycles. The molecule has 7 heteroatoms. The van der Waals surface area contributed by atoms with Crippen molar-refractivity contribution in [1.82, 2.24) is 9.80 Å². The van der Waals surface area contributed by atoms with E-state index in [2.05, 4.69) is 10.2 Å². The smallest absolute Gasteiger partial charge is 0.321 e. The SMILES string of the molecule is COc1ccc(NC(=O)N2CCCCN3[C@H](CO)[C@H](c4ccc(-c5ccccc5F)cc4)[C@H]3C2)cc1. The van der Waals surface area contributed by atoms with E-state index in [0.29, 0.717) is 18.7 Å². The summed E-state index contributed by atoms with van der Waals surface area (Å²) in [4.78, 5) is 17.4. The molecule has 6 nitrogen and oxygen atoms in total. The Morgan fingerprint density at radius 3 is 2.44 bits per heavy atom. The Bertz CT molecular complexity index is 1190. The van der Waals surface area contributed by atoms with Crippen molar-refractivity contribution in [3.63, 3.8) is 0 Å². The second kappa shape index (κ2) is 10.7. The average molecular weight is 490 g/mol. The molecule has 3 aromatic rings. The highest BCUT2D eigenvalue weighted by molar-refractivity contribution is 5.89. The number of fused-ring (bicyclic) bond motifs is 1. The molecule has 2 saturated heterocycles. The number of nitrogens with one attached hydrogen (secondary N) is 1. The molecular formula is C29H32FN3O3. The standard InChI is InChI=1S/C29H32FN3O3/c1-36-23-14-12-22(13-15-23)31-29(35)32-16-4-5-17-33-26(18-32)28(27(33)19-34)21-10-8-20(9-11-21)24-6-2-3-7-25(24)30/h2-3,6-15,26-28,34H,4-5,16-19H2,1H3,(H,31,35)/t26-,27-,28-/m1/s1. The maximum absolute atomic E-state index is 14.3. The second-order valence-corrected chi connectivity index (χ2v) is 9.49. The first-order valence-electron chi connectivity index (χ1n) is 12.5. The molecule has 0 unspecified atom stereocenters. The second-order valence-electron chi connectivity index (χ2n) is 9.49. The molecule has 2 amide bonds. The van der Waals surface area contributed by atoms with Crippen LogP contribution in [0.4, 0.5) is 14.9 Å². The monoisotopic (exact) mass is 489 g/mol. The van der Waals surface area contributed by atoms with Crippen molar-refractivity contribution in [1.29, 1.82) is 0 Å². The molecule has 0 saturated carbocycles. The largest absolute Gasteiger partial charge is 0.497 e. The third-order valence-corrected chi connectivity index (χ3v) is 7.48. The maximum atomic E-state index is 14.3. The van der Waals surface area contributed by atoms with E-state index >= 15 is 0 Å². The van der Waals surface area contributed by atoms with Crippen molar-refractivity contribution in [3.8, 4) is 16.9 Å². The molecule has 2 fully saturated rings. The predicted octanol–water partition coefficient (Wildman–Crippen LogP) is 4.96. The summed E-state index contributed by atoms with van der Waals surface area (Å²) in [7, 11) is 1.61. The number of urea groups is 1. The quantitative estimate of drug-likeness (QED) is 0.532. The van der Waals surface area contributed by atoms with E-state index in [0.717, 1.165) is 42.0 Å². The number of carbonyl (C=O) groups excluding carboxylic acids is 1. The number of aliphatic hydroxyl groups is 1. The lowest BCUT2D eigenvalue weighted by Gasteiger charge is -2.57. The summed E-state index contributed by atoms with van der Waals surface area (Å²) >= 11 is 0. The number of nitrogens with zero attached hydrogens (tertiary/aromatic N) is 2. The highest BCUT2D eigenvalue weighted by Gasteiger charge is 2.49. The molecule has 0 spiro atoms. The fourth-order valence-corrected chi connectivity index (χ4v) is 5.58. The zero-order chi connectivity index (χ0) is 25.1. The zero-order valence-electron chi connectivity index (χ0n) is 20.4. The van der Waals surface area contributed by atoms with Gasteiger partial charge in [0.2, 0.25) is 0 Å². The number of methoxy groups -OCH3 is 1. The van der Waals surface area contributed by atoms with Gasteiger partial charge in [0.15, 0.2) is 0 Å². The van der Waals surface area contributed by atoms with Gasteiger partial charge in [0.05, 0.1) is 13.7 Å². The van der Waals surface area contributed by atoms with E-state index in [1.54, 1.807) is 19.2 Å². The van der Waals surface area contributed by atoms with Gasteiger partial charge in [-0.1, -0.05) is 42.5 Å². The summed E-state index contributed by atoms with van der Waals surface area (Å²) < 4.78 is 19.5. The summed E-state index contributed by atoms with van der Waals surface area (Å²) in [6, 6.07) is 22.0. The molecule has 188 valence electrons. The number of amides is 2. The zero-order valence-corrected chi connectivity index (χ0v) is 20.4. The van der Waals surface area contributed by atoms with Crippen LogP contribution in [0.1, 0.15) is 24.3 Å². The number of aliphatic hydroxyl groups excluding tert-OH is 1. The van der Waals surface area contributed by atoms with E-state index in [-0.39, 0.29) is 36.5 Å². The van der Waals surface area contributed by atoms with Gasteiger partial charge in [-0.3, -0.25) is 4.90 Å². The minimum Gasteiger partial charge on any atom is -0.497 e. The van der Waals surface area contributed by atoms with E-state index in [9.17, 15) is 14.3 Å². The normalized spacial score (nSPS) is 22.1. The summed E-state index contributed by atoms with van der Waals surface area (Å²) in [5.41, 5.74) is 3.23. The molecule has 0 aromatic heterocycles. The number of halogens is 1. The fourth-order valence-electron chi connectivity index (χ4n) is 5.58. The van der Waals surface area contributed by atoms with Gasteiger partial charge in [-0.2, -0.15) is 0 Å². The molecule has 2 aliphatic rings. The van der Waals surface area contributed by atoms with Gasteiger partial charge in [0, 0.05) is 42.3 Å². The minimum atomic E-state index is -0.244. The Morgan fingerprint density at radius 1 is 1.03 bits per heavy atom. The number of hydrogen-bond donors (Lipinski definition) is 2. The van der Waals surface area contributed by atoms with Crippen molar-refractivity contribution in [3.05, 3.63) is 84.2 Å². The third-order valence-electron chi connectivity index (χ3n) is 7.48. The molecule has 2 N–H and O–H groups in total. The van der Waals surface area contributed by atoms with Crippen LogP contribution in [0.3, 0.4) is 0 Å². The molecule has 0 bridgehead atoms. The van der Waals surface area contributed by atoms with Gasteiger partial charge >= 0.3 is 6.03 Å². The molecule has 0 aliphatic carbocycles. The fraction of sp³-hybridized carbons (Fsp3) is 0.345. The number of hydrogen-bond acceptors (Lipinski definition) is 4. The molecule has 36 heavy (non-hydrogen) atoms. The highest BCUT2D eigenvalue weighted by Crippen LogP contribution is 2.42. The molecule has 0 radical (unpaired) electrons. The van der Waals surface area contributed by atoms with Crippen molar-refractivity contribution >= 4 is 11.7 Å². The molecular weight excluding hydrogens is 457 g/mol. The van der Waals surface area contributed by atoms with Crippen LogP contribution in [0.2, 0.25) is 0 Å². The molecule has 5 rings (SSSR count). The minimum absolute atomic E-state index is 0.0129. The van der Waals surface area contributed by atoms with Gasteiger partial charge in [-0.25, -0.2) is 9.18 Å². The molecule has 3 aromatic carbocycles. The topological polar surface area (TPSA) is 65.0 Å². The van der Waals surface area contributed by atoms with E-state index < -0.39 is 0 Å². The number of anilines is 1.